The summed E-state index contributed by atoms with van der Waals surface area (Å²) in [6.07, 6.45) is 6.68. The predicted octanol–water partition coefficient (Wildman–Crippen LogP) is 2.58. The topological polar surface area (TPSA) is 54.2 Å². The molecule has 2 heterocycles. The summed E-state index contributed by atoms with van der Waals surface area (Å²) in [5.41, 5.74) is 0. The monoisotopic (exact) mass is 278 g/mol. The molecule has 1 aromatic rings. The van der Waals surface area contributed by atoms with Crippen LogP contribution in [0.15, 0.2) is 4.42 Å². The van der Waals surface area contributed by atoms with Crippen LogP contribution in [0.1, 0.15) is 51.8 Å². The summed E-state index contributed by atoms with van der Waals surface area (Å²) in [5.74, 6) is 2.19. The maximum Gasteiger partial charge on any atom is 0.318 e. The lowest BCUT2D eigenvalue weighted by Crippen LogP contribution is -2.34. The van der Waals surface area contributed by atoms with Gasteiger partial charge in [-0.15, -0.1) is 5.10 Å². The van der Waals surface area contributed by atoms with E-state index in [1.165, 1.54) is 32.1 Å². The van der Waals surface area contributed by atoms with Gasteiger partial charge in [0.2, 0.25) is 5.89 Å². The summed E-state index contributed by atoms with van der Waals surface area (Å²) < 4.78 is 5.84. The fourth-order valence-electron chi connectivity index (χ4n) is 3.54. The van der Waals surface area contributed by atoms with Gasteiger partial charge in [-0.3, -0.25) is 0 Å². The van der Waals surface area contributed by atoms with E-state index in [2.05, 4.69) is 34.3 Å². The number of hydrogen-bond donors (Lipinski definition) is 1. The quantitative estimate of drug-likeness (QED) is 0.897. The third-order valence-electron chi connectivity index (χ3n) is 4.54. The molecule has 0 aromatic carbocycles. The number of fused-ring (bicyclic) bond motifs is 1. The summed E-state index contributed by atoms with van der Waals surface area (Å²) in [7, 11) is 0. The van der Waals surface area contributed by atoms with Crippen molar-refractivity contribution in [2.75, 3.05) is 18.0 Å². The smallest absolute Gasteiger partial charge is 0.318 e. The fraction of sp³-hybridized carbons (Fsp3) is 0.867. The molecule has 0 spiro atoms. The Morgan fingerprint density at radius 1 is 1.25 bits per heavy atom. The second-order valence-electron chi connectivity index (χ2n) is 6.60. The summed E-state index contributed by atoms with van der Waals surface area (Å²) in [5, 5.41) is 11.8. The van der Waals surface area contributed by atoms with Gasteiger partial charge in [-0.25, -0.2) is 0 Å². The zero-order chi connectivity index (χ0) is 13.9. The molecule has 1 N–H and O–H groups in total. The van der Waals surface area contributed by atoms with Gasteiger partial charge in [-0.2, -0.15) is 0 Å². The van der Waals surface area contributed by atoms with E-state index in [4.69, 9.17) is 4.42 Å². The van der Waals surface area contributed by atoms with Gasteiger partial charge < -0.3 is 14.6 Å². The molecule has 1 aromatic heterocycles. The van der Waals surface area contributed by atoms with Gasteiger partial charge in [0.25, 0.3) is 0 Å². The molecule has 2 atom stereocenters. The largest absolute Gasteiger partial charge is 0.407 e. The van der Waals surface area contributed by atoms with Gasteiger partial charge in [0.05, 0.1) is 6.54 Å². The SMILES string of the molecule is CC(C)CNCc1nnc(N2CCC3CCCCC32)o1. The molecule has 1 aliphatic heterocycles. The number of hydrogen-bond acceptors (Lipinski definition) is 5. The van der Waals surface area contributed by atoms with Gasteiger partial charge >= 0.3 is 6.01 Å². The van der Waals surface area contributed by atoms with Crippen molar-refractivity contribution in [3.8, 4) is 0 Å². The van der Waals surface area contributed by atoms with Crippen LogP contribution in [0.4, 0.5) is 6.01 Å². The fourth-order valence-corrected chi connectivity index (χ4v) is 3.54. The Morgan fingerprint density at radius 2 is 2.10 bits per heavy atom. The first-order valence-electron chi connectivity index (χ1n) is 8.04. The zero-order valence-corrected chi connectivity index (χ0v) is 12.6. The molecule has 0 radical (unpaired) electrons. The van der Waals surface area contributed by atoms with Crippen LogP contribution in [-0.4, -0.2) is 29.3 Å². The van der Waals surface area contributed by atoms with Crippen molar-refractivity contribution in [1.82, 2.24) is 15.5 Å². The van der Waals surface area contributed by atoms with E-state index >= 15 is 0 Å². The third-order valence-corrected chi connectivity index (χ3v) is 4.54. The molecule has 0 bridgehead atoms. The Morgan fingerprint density at radius 3 is 2.95 bits per heavy atom. The third kappa shape index (κ3) is 2.97. The first kappa shape index (κ1) is 13.9. The van der Waals surface area contributed by atoms with Gasteiger partial charge in [0, 0.05) is 12.6 Å². The van der Waals surface area contributed by atoms with E-state index in [0.29, 0.717) is 24.4 Å². The van der Waals surface area contributed by atoms with E-state index in [9.17, 15) is 0 Å². The minimum atomic E-state index is 0.638. The Balaban J connectivity index is 1.59. The summed E-state index contributed by atoms with van der Waals surface area (Å²) in [4.78, 5) is 2.35. The van der Waals surface area contributed by atoms with Gasteiger partial charge in [0.15, 0.2) is 0 Å². The number of anilines is 1. The standard InChI is InChI=1S/C15H26N4O/c1-11(2)9-16-10-14-17-18-15(20-14)19-8-7-12-5-3-4-6-13(12)19/h11-13,16H,3-10H2,1-2H3. The lowest BCUT2D eigenvalue weighted by molar-refractivity contribution is 0.333. The Kier molecular flexibility index (Phi) is 4.24. The minimum absolute atomic E-state index is 0.638. The Labute approximate surface area is 121 Å². The average molecular weight is 278 g/mol. The minimum Gasteiger partial charge on any atom is -0.407 e. The molecule has 2 fully saturated rings. The number of nitrogens with zero attached hydrogens (tertiary/aromatic N) is 3. The maximum absolute atomic E-state index is 5.84. The number of rotatable bonds is 5. The van der Waals surface area contributed by atoms with E-state index in [0.717, 1.165) is 25.0 Å². The highest BCUT2D eigenvalue weighted by molar-refractivity contribution is 5.30. The van der Waals surface area contributed by atoms with Crippen LogP contribution in [0, 0.1) is 11.8 Å². The molecule has 2 unspecified atom stereocenters. The number of nitrogens with one attached hydrogen (secondary N) is 1. The molecule has 0 amide bonds. The molecule has 1 aliphatic carbocycles. The zero-order valence-electron chi connectivity index (χ0n) is 12.6. The van der Waals surface area contributed by atoms with E-state index in [1.54, 1.807) is 0 Å². The van der Waals surface area contributed by atoms with Crippen LogP contribution in [0.3, 0.4) is 0 Å². The highest BCUT2D eigenvalue weighted by Gasteiger charge is 2.37. The Bertz CT molecular complexity index is 431. The second kappa shape index (κ2) is 6.12. The molecule has 20 heavy (non-hydrogen) atoms. The van der Waals surface area contributed by atoms with E-state index in [-0.39, 0.29) is 0 Å². The molecular weight excluding hydrogens is 252 g/mol. The average Bonchev–Trinajstić information content (AvgIpc) is 3.04. The highest BCUT2D eigenvalue weighted by atomic mass is 16.4. The molecule has 5 nitrogen and oxygen atoms in total. The molecule has 5 heteroatoms. The van der Waals surface area contributed by atoms with Crippen molar-refractivity contribution >= 4 is 6.01 Å². The number of aromatic nitrogens is 2. The van der Waals surface area contributed by atoms with Crippen LogP contribution in [0.5, 0.6) is 0 Å². The van der Waals surface area contributed by atoms with Gasteiger partial charge in [-0.1, -0.05) is 31.8 Å². The van der Waals surface area contributed by atoms with E-state index < -0.39 is 0 Å². The van der Waals surface area contributed by atoms with Crippen molar-refractivity contribution < 1.29 is 4.42 Å². The van der Waals surface area contributed by atoms with Gasteiger partial charge in [0.1, 0.15) is 0 Å². The van der Waals surface area contributed by atoms with Crippen LogP contribution in [0.25, 0.3) is 0 Å². The first-order chi connectivity index (χ1) is 9.74. The molecule has 3 rings (SSSR count). The van der Waals surface area contributed by atoms with Crippen molar-refractivity contribution in [3.63, 3.8) is 0 Å². The normalized spacial score (nSPS) is 26.2. The molecule has 1 saturated heterocycles. The molecule has 112 valence electrons. The maximum atomic E-state index is 5.84. The van der Waals surface area contributed by atoms with Crippen LogP contribution in [-0.2, 0) is 6.54 Å². The van der Waals surface area contributed by atoms with Crippen LogP contribution >= 0.6 is 0 Å². The molecule has 1 saturated carbocycles. The summed E-state index contributed by atoms with van der Waals surface area (Å²) in [6.45, 7) is 7.12. The van der Waals surface area contributed by atoms with Crippen LogP contribution in [0.2, 0.25) is 0 Å². The van der Waals surface area contributed by atoms with Crippen molar-refractivity contribution in [1.29, 1.82) is 0 Å². The summed E-state index contributed by atoms with van der Waals surface area (Å²) in [6, 6.07) is 1.38. The van der Waals surface area contributed by atoms with E-state index in [1.807, 2.05) is 0 Å². The Hall–Kier alpha value is -1.10. The van der Waals surface area contributed by atoms with Crippen LogP contribution < -0.4 is 10.2 Å². The molecular formula is C15H26N4O. The van der Waals surface area contributed by atoms with Crippen molar-refractivity contribution in [2.24, 2.45) is 11.8 Å². The lowest BCUT2D eigenvalue weighted by Gasteiger charge is -2.30. The highest BCUT2D eigenvalue weighted by Crippen LogP contribution is 2.38. The first-order valence-corrected chi connectivity index (χ1v) is 8.04. The van der Waals surface area contributed by atoms with Crippen molar-refractivity contribution in [3.05, 3.63) is 5.89 Å². The van der Waals surface area contributed by atoms with Crippen molar-refractivity contribution in [2.45, 2.75) is 58.5 Å². The van der Waals surface area contributed by atoms with Gasteiger partial charge in [-0.05, 0) is 37.6 Å². The predicted molar refractivity (Wildman–Crippen MR) is 78.6 cm³/mol. The summed E-state index contributed by atoms with van der Waals surface area (Å²) >= 11 is 0. The second-order valence-corrected chi connectivity index (χ2v) is 6.60. The molecule has 2 aliphatic rings. The lowest BCUT2D eigenvalue weighted by atomic mass is 9.85.